The van der Waals surface area contributed by atoms with Gasteiger partial charge in [-0.2, -0.15) is 13.2 Å². The van der Waals surface area contributed by atoms with Gasteiger partial charge in [0.25, 0.3) is 0 Å². The van der Waals surface area contributed by atoms with Gasteiger partial charge in [-0.3, -0.25) is 9.78 Å². The number of alkyl halides is 3. The molecule has 5 nitrogen and oxygen atoms in total. The van der Waals surface area contributed by atoms with E-state index in [-0.39, 0.29) is 36.1 Å². The highest BCUT2D eigenvalue weighted by atomic mass is 19.4. The molecule has 0 unspecified atom stereocenters. The Labute approximate surface area is 125 Å². The van der Waals surface area contributed by atoms with Crippen LogP contribution in [0.15, 0.2) is 18.3 Å². The first-order chi connectivity index (χ1) is 10.3. The number of aliphatic hydroxyl groups is 1. The summed E-state index contributed by atoms with van der Waals surface area (Å²) in [6.45, 7) is 0.354. The molecule has 3 atom stereocenters. The fraction of sp³-hybridized carbons (Fsp3) is 0.571. The maximum atomic E-state index is 12.0. The molecular weight excluding hydrogens is 301 g/mol. The first-order valence-electron chi connectivity index (χ1n) is 6.87. The van der Waals surface area contributed by atoms with E-state index in [2.05, 4.69) is 15.0 Å². The van der Waals surface area contributed by atoms with Crippen LogP contribution in [0.1, 0.15) is 25.1 Å². The molecule has 1 aromatic rings. The summed E-state index contributed by atoms with van der Waals surface area (Å²) in [5, 5.41) is 11.7. The van der Waals surface area contributed by atoms with Crippen LogP contribution >= 0.6 is 0 Å². The van der Waals surface area contributed by atoms with Gasteiger partial charge in [0.1, 0.15) is 5.75 Å². The molecule has 2 rings (SSSR count). The number of aromatic nitrogens is 1. The van der Waals surface area contributed by atoms with Gasteiger partial charge < -0.3 is 15.2 Å². The van der Waals surface area contributed by atoms with Crippen LogP contribution in [-0.2, 0) is 4.79 Å². The first kappa shape index (κ1) is 16.5. The second-order valence-corrected chi connectivity index (χ2v) is 5.34. The standard InChI is InChI=1S/C14H17F3N2O3/c1-8(19-13(21)11-4-9(11)6-20)12-3-2-10(5-18-12)22-7-14(15,16)17/h2-3,5,8-9,11,20H,4,6-7H2,1H3,(H,19,21)/t8-,9+,11-/m1/s1. The summed E-state index contributed by atoms with van der Waals surface area (Å²) in [5.41, 5.74) is 0.522. The lowest BCUT2D eigenvalue weighted by Gasteiger charge is -2.14. The molecule has 1 amide bonds. The number of carbonyl (C=O) groups excluding carboxylic acids is 1. The van der Waals surface area contributed by atoms with Crippen LogP contribution in [0.2, 0.25) is 0 Å². The Morgan fingerprint density at radius 2 is 2.27 bits per heavy atom. The van der Waals surface area contributed by atoms with Gasteiger partial charge in [-0.15, -0.1) is 0 Å². The van der Waals surface area contributed by atoms with Gasteiger partial charge in [0.15, 0.2) is 6.61 Å². The number of amides is 1. The van der Waals surface area contributed by atoms with E-state index in [4.69, 9.17) is 5.11 Å². The molecule has 0 spiro atoms. The van der Waals surface area contributed by atoms with Crippen molar-refractivity contribution in [2.75, 3.05) is 13.2 Å². The number of rotatable bonds is 6. The van der Waals surface area contributed by atoms with Crippen molar-refractivity contribution in [1.82, 2.24) is 10.3 Å². The van der Waals surface area contributed by atoms with Crippen LogP contribution in [0, 0.1) is 11.8 Å². The Hall–Kier alpha value is -1.83. The van der Waals surface area contributed by atoms with Crippen LogP contribution in [-0.4, -0.2) is 35.4 Å². The zero-order valence-electron chi connectivity index (χ0n) is 11.9. The molecule has 0 aromatic carbocycles. The lowest BCUT2D eigenvalue weighted by molar-refractivity contribution is -0.153. The molecule has 1 saturated carbocycles. The third-order valence-electron chi connectivity index (χ3n) is 3.46. The molecule has 1 heterocycles. The van der Waals surface area contributed by atoms with Gasteiger partial charge >= 0.3 is 6.18 Å². The van der Waals surface area contributed by atoms with Crippen LogP contribution in [0.3, 0.4) is 0 Å². The average molecular weight is 318 g/mol. The van der Waals surface area contributed by atoms with E-state index >= 15 is 0 Å². The Balaban J connectivity index is 1.85. The minimum atomic E-state index is -4.40. The van der Waals surface area contributed by atoms with Crippen molar-refractivity contribution in [3.8, 4) is 5.75 Å². The SMILES string of the molecule is C[C@@H](NC(=O)[C@@H]1C[C@H]1CO)c1ccc(OCC(F)(F)F)cn1. The summed E-state index contributed by atoms with van der Waals surface area (Å²) in [6, 6.07) is 2.52. The number of hydrogen-bond donors (Lipinski definition) is 2. The predicted molar refractivity (Wildman–Crippen MR) is 71.0 cm³/mol. The summed E-state index contributed by atoms with van der Waals surface area (Å²) < 4.78 is 40.6. The highest BCUT2D eigenvalue weighted by molar-refractivity contribution is 5.81. The molecule has 1 aromatic heterocycles. The number of carbonyl (C=O) groups is 1. The zero-order valence-corrected chi connectivity index (χ0v) is 11.9. The van der Waals surface area contributed by atoms with Gasteiger partial charge in [-0.1, -0.05) is 0 Å². The summed E-state index contributed by atoms with van der Waals surface area (Å²) in [4.78, 5) is 15.8. The minimum absolute atomic E-state index is 0.00401. The second kappa shape index (κ2) is 6.51. The second-order valence-electron chi connectivity index (χ2n) is 5.34. The maximum Gasteiger partial charge on any atom is 0.422 e. The van der Waals surface area contributed by atoms with E-state index in [0.717, 1.165) is 0 Å². The molecule has 1 aliphatic carbocycles. The molecule has 8 heteroatoms. The molecule has 0 radical (unpaired) electrons. The van der Waals surface area contributed by atoms with Crippen molar-refractivity contribution in [2.45, 2.75) is 25.6 Å². The van der Waals surface area contributed by atoms with Crippen LogP contribution in [0.4, 0.5) is 13.2 Å². The van der Waals surface area contributed by atoms with E-state index in [1.165, 1.54) is 18.3 Å². The summed E-state index contributed by atoms with van der Waals surface area (Å²) >= 11 is 0. The van der Waals surface area contributed by atoms with E-state index in [9.17, 15) is 18.0 Å². The van der Waals surface area contributed by atoms with Gasteiger partial charge in [-0.25, -0.2) is 0 Å². The summed E-state index contributed by atoms with van der Waals surface area (Å²) in [6.07, 6.45) is -2.53. The normalized spacial score (nSPS) is 22.0. The topological polar surface area (TPSA) is 71.5 Å². The number of hydrogen-bond acceptors (Lipinski definition) is 4. The number of nitrogens with one attached hydrogen (secondary N) is 1. The number of pyridine rings is 1. The van der Waals surface area contributed by atoms with Crippen molar-refractivity contribution in [1.29, 1.82) is 0 Å². The van der Waals surface area contributed by atoms with Crippen molar-refractivity contribution in [2.24, 2.45) is 11.8 Å². The maximum absolute atomic E-state index is 12.0. The molecule has 122 valence electrons. The Morgan fingerprint density at radius 1 is 1.55 bits per heavy atom. The highest BCUT2D eigenvalue weighted by Gasteiger charge is 2.42. The van der Waals surface area contributed by atoms with E-state index in [1.54, 1.807) is 6.92 Å². The van der Waals surface area contributed by atoms with Crippen molar-refractivity contribution in [3.63, 3.8) is 0 Å². The van der Waals surface area contributed by atoms with E-state index in [1.807, 2.05) is 0 Å². The average Bonchev–Trinajstić information content (AvgIpc) is 3.24. The van der Waals surface area contributed by atoms with Crippen molar-refractivity contribution < 1.29 is 27.8 Å². The summed E-state index contributed by atoms with van der Waals surface area (Å²) in [5.74, 6) is -0.270. The third-order valence-corrected chi connectivity index (χ3v) is 3.46. The molecular formula is C14H17F3N2O3. The fourth-order valence-electron chi connectivity index (χ4n) is 2.06. The molecule has 0 saturated heterocycles. The zero-order chi connectivity index (χ0) is 16.3. The molecule has 2 N–H and O–H groups in total. The van der Waals surface area contributed by atoms with Crippen molar-refractivity contribution >= 4 is 5.91 Å². The third kappa shape index (κ3) is 4.59. The first-order valence-corrected chi connectivity index (χ1v) is 6.87. The van der Waals surface area contributed by atoms with E-state index < -0.39 is 12.8 Å². The Bertz CT molecular complexity index is 519. The van der Waals surface area contributed by atoms with E-state index in [0.29, 0.717) is 12.1 Å². The number of ether oxygens (including phenoxy) is 1. The van der Waals surface area contributed by atoms with Crippen molar-refractivity contribution in [3.05, 3.63) is 24.0 Å². The predicted octanol–water partition coefficient (Wildman–Crippen LogP) is 1.83. The van der Waals surface area contributed by atoms with Gasteiger partial charge in [0, 0.05) is 12.5 Å². The minimum Gasteiger partial charge on any atom is -0.483 e. The number of nitrogens with zero attached hydrogens (tertiary/aromatic N) is 1. The van der Waals surface area contributed by atoms with Crippen LogP contribution in [0.5, 0.6) is 5.75 Å². The Kier molecular flexibility index (Phi) is 4.90. The highest BCUT2D eigenvalue weighted by Crippen LogP contribution is 2.38. The molecule has 1 aliphatic rings. The molecule has 22 heavy (non-hydrogen) atoms. The lowest BCUT2D eigenvalue weighted by atomic mass is 10.2. The summed E-state index contributed by atoms with van der Waals surface area (Å²) in [7, 11) is 0. The largest absolute Gasteiger partial charge is 0.483 e. The number of aliphatic hydroxyl groups excluding tert-OH is 1. The van der Waals surface area contributed by atoms with Crippen LogP contribution in [0.25, 0.3) is 0 Å². The van der Waals surface area contributed by atoms with Gasteiger partial charge in [-0.05, 0) is 31.4 Å². The molecule has 0 aliphatic heterocycles. The van der Waals surface area contributed by atoms with Crippen LogP contribution < -0.4 is 10.1 Å². The lowest BCUT2D eigenvalue weighted by Crippen LogP contribution is -2.29. The van der Waals surface area contributed by atoms with Gasteiger partial charge in [0.2, 0.25) is 5.91 Å². The molecule has 0 bridgehead atoms. The Morgan fingerprint density at radius 3 is 2.77 bits per heavy atom. The molecule has 1 fully saturated rings. The monoisotopic (exact) mass is 318 g/mol. The number of halogens is 3. The van der Waals surface area contributed by atoms with Gasteiger partial charge in [0.05, 0.1) is 17.9 Å². The fourth-order valence-corrected chi connectivity index (χ4v) is 2.06. The smallest absolute Gasteiger partial charge is 0.422 e. The quantitative estimate of drug-likeness (QED) is 0.839.